The van der Waals surface area contributed by atoms with E-state index >= 15 is 0 Å². The third-order valence-electron chi connectivity index (χ3n) is 4.33. The number of likely N-dealkylation sites (tertiary alicyclic amines) is 1. The summed E-state index contributed by atoms with van der Waals surface area (Å²) >= 11 is 0. The minimum Gasteiger partial charge on any atom is -0.494 e. The van der Waals surface area contributed by atoms with Crippen LogP contribution in [-0.4, -0.2) is 56.1 Å². The number of ether oxygens (including phenoxy) is 1. The second-order valence-corrected chi connectivity index (χ2v) is 6.58. The van der Waals surface area contributed by atoms with Crippen molar-refractivity contribution < 1.29 is 9.53 Å². The quantitative estimate of drug-likeness (QED) is 0.243. The molecule has 152 valence electrons. The first-order valence-electron chi connectivity index (χ1n) is 9.68. The normalized spacial score (nSPS) is 13.9. The first-order valence-corrected chi connectivity index (χ1v) is 9.68. The fourth-order valence-electron chi connectivity index (χ4n) is 2.81. The first-order chi connectivity index (χ1) is 12.7. The Morgan fingerprint density at radius 2 is 1.85 bits per heavy atom. The molecule has 0 spiro atoms. The van der Waals surface area contributed by atoms with Crippen molar-refractivity contribution in [3.63, 3.8) is 0 Å². The van der Waals surface area contributed by atoms with Crippen LogP contribution in [0.5, 0.6) is 5.75 Å². The minimum atomic E-state index is 0. The van der Waals surface area contributed by atoms with E-state index in [-0.39, 0.29) is 36.4 Å². The highest BCUT2D eigenvalue weighted by Gasteiger charge is 2.17. The van der Waals surface area contributed by atoms with Gasteiger partial charge in [-0.2, -0.15) is 0 Å². The Morgan fingerprint density at radius 3 is 2.52 bits per heavy atom. The summed E-state index contributed by atoms with van der Waals surface area (Å²) in [4.78, 5) is 18.4. The molecule has 0 bridgehead atoms. The van der Waals surface area contributed by atoms with Gasteiger partial charge < -0.3 is 20.3 Å². The van der Waals surface area contributed by atoms with Gasteiger partial charge >= 0.3 is 0 Å². The molecule has 1 aliphatic rings. The van der Waals surface area contributed by atoms with Crippen LogP contribution in [0.4, 0.5) is 0 Å². The van der Waals surface area contributed by atoms with Crippen LogP contribution >= 0.6 is 24.0 Å². The van der Waals surface area contributed by atoms with Crippen molar-refractivity contribution in [3.05, 3.63) is 29.8 Å². The van der Waals surface area contributed by atoms with Crippen LogP contribution in [0, 0.1) is 6.92 Å². The van der Waals surface area contributed by atoms with E-state index in [0.717, 1.165) is 57.6 Å². The molecule has 1 saturated heterocycles. The van der Waals surface area contributed by atoms with Crippen LogP contribution < -0.4 is 15.4 Å². The molecule has 2 rings (SSSR count). The lowest BCUT2D eigenvalue weighted by Crippen LogP contribution is -2.39. The van der Waals surface area contributed by atoms with Gasteiger partial charge in [-0.15, -0.1) is 24.0 Å². The van der Waals surface area contributed by atoms with Crippen molar-refractivity contribution in [2.45, 2.75) is 39.5 Å². The van der Waals surface area contributed by atoms with Crippen LogP contribution in [0.2, 0.25) is 0 Å². The van der Waals surface area contributed by atoms with Gasteiger partial charge in [-0.1, -0.05) is 17.7 Å². The first kappa shape index (κ1) is 23.5. The summed E-state index contributed by atoms with van der Waals surface area (Å²) in [5.74, 6) is 1.74. The predicted octanol–water partition coefficient (Wildman–Crippen LogP) is 2.95. The lowest BCUT2D eigenvalue weighted by atomic mass is 10.2. The number of rotatable bonds is 9. The lowest BCUT2D eigenvalue weighted by molar-refractivity contribution is -0.128. The van der Waals surface area contributed by atoms with E-state index in [4.69, 9.17) is 4.74 Å². The molecular formula is C20H33IN4O2. The van der Waals surface area contributed by atoms with Crippen molar-refractivity contribution in [1.82, 2.24) is 15.5 Å². The number of carbonyl (C=O) groups excluding carboxylic acids is 1. The molecule has 1 aliphatic heterocycles. The molecule has 0 atom stereocenters. The van der Waals surface area contributed by atoms with Crippen LogP contribution in [0.3, 0.4) is 0 Å². The van der Waals surface area contributed by atoms with Gasteiger partial charge in [0.05, 0.1) is 6.61 Å². The van der Waals surface area contributed by atoms with Gasteiger partial charge in [0.2, 0.25) is 5.91 Å². The molecule has 0 unspecified atom stereocenters. The molecule has 0 saturated carbocycles. The monoisotopic (exact) mass is 488 g/mol. The van der Waals surface area contributed by atoms with Gasteiger partial charge in [-0.3, -0.25) is 4.79 Å². The van der Waals surface area contributed by atoms with Crippen LogP contribution in [0.15, 0.2) is 29.3 Å². The topological polar surface area (TPSA) is 66.0 Å². The van der Waals surface area contributed by atoms with E-state index in [9.17, 15) is 4.79 Å². The van der Waals surface area contributed by atoms with Gasteiger partial charge in [0.15, 0.2) is 5.96 Å². The second kappa shape index (κ2) is 13.6. The summed E-state index contributed by atoms with van der Waals surface area (Å²) in [7, 11) is 0. The molecule has 7 heteroatoms. The smallest absolute Gasteiger partial charge is 0.244 e. The number of nitrogens with one attached hydrogen (secondary N) is 2. The summed E-state index contributed by atoms with van der Waals surface area (Å²) < 4.78 is 5.73. The van der Waals surface area contributed by atoms with E-state index in [2.05, 4.69) is 34.7 Å². The van der Waals surface area contributed by atoms with Gasteiger partial charge in [0, 0.05) is 26.2 Å². The van der Waals surface area contributed by atoms with Crippen molar-refractivity contribution >= 4 is 35.8 Å². The molecule has 1 aromatic rings. The van der Waals surface area contributed by atoms with E-state index in [1.165, 1.54) is 5.56 Å². The third kappa shape index (κ3) is 9.30. The molecular weight excluding hydrogens is 455 g/mol. The Balaban J connectivity index is 0.00000364. The number of halogens is 1. The molecule has 1 heterocycles. The zero-order valence-corrected chi connectivity index (χ0v) is 18.8. The minimum absolute atomic E-state index is 0. The number of nitrogens with zero attached hydrogens (tertiary/aromatic N) is 2. The molecule has 0 aromatic heterocycles. The molecule has 0 radical (unpaired) electrons. The number of amides is 1. The highest BCUT2D eigenvalue weighted by molar-refractivity contribution is 14.0. The lowest BCUT2D eigenvalue weighted by Gasteiger charge is -2.15. The predicted molar refractivity (Wildman–Crippen MR) is 121 cm³/mol. The zero-order chi connectivity index (χ0) is 18.6. The average molecular weight is 488 g/mol. The summed E-state index contributed by atoms with van der Waals surface area (Å²) in [5, 5.41) is 6.47. The van der Waals surface area contributed by atoms with E-state index in [1.807, 2.05) is 24.0 Å². The molecule has 2 N–H and O–H groups in total. The average Bonchev–Trinajstić information content (AvgIpc) is 3.18. The highest BCUT2D eigenvalue weighted by atomic mass is 127. The number of aliphatic imine (C=N–C) groups is 1. The Bertz CT molecular complexity index is 572. The molecule has 1 fully saturated rings. The largest absolute Gasteiger partial charge is 0.494 e. The third-order valence-corrected chi connectivity index (χ3v) is 4.33. The fraction of sp³-hybridized carbons (Fsp3) is 0.600. The Morgan fingerprint density at radius 1 is 1.15 bits per heavy atom. The van der Waals surface area contributed by atoms with Crippen molar-refractivity contribution in [1.29, 1.82) is 0 Å². The molecule has 27 heavy (non-hydrogen) atoms. The summed E-state index contributed by atoms with van der Waals surface area (Å²) in [5.41, 5.74) is 1.24. The molecule has 6 nitrogen and oxygen atoms in total. The second-order valence-electron chi connectivity index (χ2n) is 6.58. The van der Waals surface area contributed by atoms with Gasteiger partial charge in [0.25, 0.3) is 0 Å². The number of hydrogen-bond acceptors (Lipinski definition) is 3. The van der Waals surface area contributed by atoms with E-state index in [0.29, 0.717) is 12.6 Å². The number of aryl methyl sites for hydroxylation is 1. The van der Waals surface area contributed by atoms with Crippen LogP contribution in [0.25, 0.3) is 0 Å². The fourth-order valence-corrected chi connectivity index (χ4v) is 2.81. The summed E-state index contributed by atoms with van der Waals surface area (Å²) in [6.07, 6.45) is 4.17. The maximum absolute atomic E-state index is 12.1. The SMILES string of the molecule is CCNC(=NCC(=O)N1CCCC1)NCCCCOc1ccc(C)cc1.I. The van der Waals surface area contributed by atoms with Crippen molar-refractivity contribution in [2.75, 3.05) is 39.3 Å². The molecule has 0 aliphatic carbocycles. The number of hydrogen-bond donors (Lipinski definition) is 2. The maximum Gasteiger partial charge on any atom is 0.244 e. The number of unbranched alkanes of at least 4 members (excludes halogenated alkanes) is 1. The van der Waals surface area contributed by atoms with Gasteiger partial charge in [-0.05, 0) is 51.7 Å². The molecule has 1 amide bonds. The summed E-state index contributed by atoms with van der Waals surface area (Å²) in [6, 6.07) is 8.11. The number of carbonyl (C=O) groups is 1. The Kier molecular flexibility index (Phi) is 11.9. The van der Waals surface area contributed by atoms with Gasteiger partial charge in [0.1, 0.15) is 12.3 Å². The van der Waals surface area contributed by atoms with Crippen LogP contribution in [0.1, 0.15) is 38.2 Å². The summed E-state index contributed by atoms with van der Waals surface area (Å²) in [6.45, 7) is 8.34. The van der Waals surface area contributed by atoms with E-state index in [1.54, 1.807) is 0 Å². The maximum atomic E-state index is 12.1. The van der Waals surface area contributed by atoms with Crippen molar-refractivity contribution in [2.24, 2.45) is 4.99 Å². The number of benzene rings is 1. The van der Waals surface area contributed by atoms with E-state index < -0.39 is 0 Å². The Hall–Kier alpha value is -1.51. The number of guanidine groups is 1. The highest BCUT2D eigenvalue weighted by Crippen LogP contribution is 2.11. The standard InChI is InChI=1S/C20H32N4O2.HI/c1-3-21-20(23-16-19(25)24-13-5-6-14-24)22-12-4-7-15-26-18-10-8-17(2)9-11-18;/h8-11H,3-7,12-16H2,1-2H3,(H2,21,22,23);1H. The van der Waals surface area contributed by atoms with Crippen LogP contribution in [-0.2, 0) is 4.79 Å². The Labute approximate surface area is 180 Å². The van der Waals surface area contributed by atoms with Gasteiger partial charge in [-0.25, -0.2) is 4.99 Å². The molecule has 1 aromatic carbocycles. The zero-order valence-electron chi connectivity index (χ0n) is 16.5. The van der Waals surface area contributed by atoms with Crippen molar-refractivity contribution in [3.8, 4) is 5.75 Å².